The van der Waals surface area contributed by atoms with E-state index in [0.717, 1.165) is 30.3 Å². The van der Waals surface area contributed by atoms with E-state index in [0.29, 0.717) is 5.69 Å². The van der Waals surface area contributed by atoms with Crippen LogP contribution in [-0.4, -0.2) is 9.97 Å². The van der Waals surface area contributed by atoms with Gasteiger partial charge in [0.15, 0.2) is 0 Å². The molecule has 0 spiro atoms. The molecule has 0 bridgehead atoms. The third-order valence-electron chi connectivity index (χ3n) is 4.90. The Morgan fingerprint density at radius 1 is 0.903 bits per heavy atom. The Balaban J connectivity index is 1.75. The number of rotatable bonds is 9. The smallest absolute Gasteiger partial charge is 0.340 e. The Labute approximate surface area is 181 Å². The van der Waals surface area contributed by atoms with Gasteiger partial charge in [-0.05, 0) is 55.2 Å². The predicted molar refractivity (Wildman–Crippen MR) is 119 cm³/mol. The number of hydrogen-bond acceptors (Lipinski definition) is 4. The van der Waals surface area contributed by atoms with E-state index in [-0.39, 0.29) is 11.8 Å². The Hall–Kier alpha value is -3.09. The van der Waals surface area contributed by atoms with Gasteiger partial charge in [0.1, 0.15) is 11.4 Å². The van der Waals surface area contributed by atoms with Gasteiger partial charge in [0, 0.05) is 17.6 Å². The van der Waals surface area contributed by atoms with Crippen LogP contribution in [0.15, 0.2) is 54.7 Å². The highest BCUT2D eigenvalue weighted by molar-refractivity contribution is 5.63. The van der Waals surface area contributed by atoms with Crippen LogP contribution in [0.3, 0.4) is 0 Å². The summed E-state index contributed by atoms with van der Waals surface area (Å²) in [5, 5.41) is 5.77. The number of aryl methyl sites for hydroxylation is 2. The maximum absolute atomic E-state index is 13.4. The van der Waals surface area contributed by atoms with Gasteiger partial charge in [0.25, 0.3) is 0 Å². The van der Waals surface area contributed by atoms with Crippen molar-refractivity contribution in [3.05, 3.63) is 71.4 Å². The van der Waals surface area contributed by atoms with Gasteiger partial charge in [0.05, 0.1) is 0 Å². The van der Waals surface area contributed by atoms with E-state index < -0.39 is 11.7 Å². The first-order chi connectivity index (χ1) is 14.8. The number of nitrogens with zero attached hydrogens (tertiary/aromatic N) is 2. The molecule has 0 aliphatic carbocycles. The standard InChI is InChI=1S/C24H27F3N4/c1-3-4-5-6-9-18-11-13-19(14-12-18)30-23-28-16-21(24(25,26)27)22(31-23)29-20-10-7-8-17(2)15-20/h7-8,10-16H,3-6,9H2,1-2H3,(H2,28,29,30,31). The summed E-state index contributed by atoms with van der Waals surface area (Å²) < 4.78 is 40.3. The lowest BCUT2D eigenvalue weighted by Crippen LogP contribution is -2.12. The third kappa shape index (κ3) is 6.70. The number of aromatic nitrogens is 2. The lowest BCUT2D eigenvalue weighted by molar-refractivity contribution is -0.137. The van der Waals surface area contributed by atoms with E-state index >= 15 is 0 Å². The van der Waals surface area contributed by atoms with E-state index in [9.17, 15) is 13.2 Å². The van der Waals surface area contributed by atoms with Crippen LogP contribution in [0.1, 0.15) is 49.3 Å². The molecule has 0 aliphatic heterocycles. The van der Waals surface area contributed by atoms with Gasteiger partial charge in [0.2, 0.25) is 5.95 Å². The van der Waals surface area contributed by atoms with Gasteiger partial charge in [-0.1, -0.05) is 50.5 Å². The normalized spacial score (nSPS) is 11.4. The van der Waals surface area contributed by atoms with Crippen LogP contribution in [0.2, 0.25) is 0 Å². The molecule has 1 heterocycles. The largest absolute Gasteiger partial charge is 0.421 e. The van der Waals surface area contributed by atoms with Gasteiger partial charge >= 0.3 is 6.18 Å². The van der Waals surface area contributed by atoms with Crippen LogP contribution >= 0.6 is 0 Å². The zero-order valence-electron chi connectivity index (χ0n) is 17.8. The van der Waals surface area contributed by atoms with E-state index in [4.69, 9.17) is 0 Å². The van der Waals surface area contributed by atoms with Crippen molar-refractivity contribution >= 4 is 23.1 Å². The molecule has 2 N–H and O–H groups in total. The van der Waals surface area contributed by atoms with Crippen molar-refractivity contribution in [2.24, 2.45) is 0 Å². The second-order valence-corrected chi connectivity index (χ2v) is 7.58. The van der Waals surface area contributed by atoms with Gasteiger partial charge in [-0.2, -0.15) is 18.2 Å². The molecule has 1 aromatic heterocycles. The van der Waals surface area contributed by atoms with Crippen molar-refractivity contribution in [3.63, 3.8) is 0 Å². The topological polar surface area (TPSA) is 49.8 Å². The Kier molecular flexibility index (Phi) is 7.50. The first-order valence-corrected chi connectivity index (χ1v) is 10.5. The number of nitrogens with one attached hydrogen (secondary N) is 2. The number of halogens is 3. The highest BCUT2D eigenvalue weighted by Gasteiger charge is 2.35. The first kappa shape index (κ1) is 22.6. The van der Waals surface area contributed by atoms with Crippen LogP contribution in [0.5, 0.6) is 0 Å². The van der Waals surface area contributed by atoms with Crippen molar-refractivity contribution < 1.29 is 13.2 Å². The van der Waals surface area contributed by atoms with E-state index in [1.165, 1.54) is 24.8 Å². The van der Waals surface area contributed by atoms with Crippen LogP contribution in [-0.2, 0) is 12.6 Å². The maximum Gasteiger partial charge on any atom is 0.421 e. The summed E-state index contributed by atoms with van der Waals surface area (Å²) in [4.78, 5) is 7.97. The summed E-state index contributed by atoms with van der Waals surface area (Å²) in [7, 11) is 0. The van der Waals surface area contributed by atoms with Crippen LogP contribution in [0, 0.1) is 6.92 Å². The molecule has 4 nitrogen and oxygen atoms in total. The molecule has 0 saturated heterocycles. The summed E-state index contributed by atoms with van der Waals surface area (Å²) in [6, 6.07) is 14.9. The highest BCUT2D eigenvalue weighted by atomic mass is 19.4. The summed E-state index contributed by atoms with van der Waals surface area (Å²) >= 11 is 0. The van der Waals surface area contributed by atoms with Crippen molar-refractivity contribution in [1.82, 2.24) is 9.97 Å². The molecule has 0 atom stereocenters. The fraction of sp³-hybridized carbons (Fsp3) is 0.333. The highest BCUT2D eigenvalue weighted by Crippen LogP contribution is 2.35. The molecular formula is C24H27F3N4. The molecule has 0 amide bonds. The van der Waals surface area contributed by atoms with E-state index in [1.807, 2.05) is 37.3 Å². The molecule has 0 fully saturated rings. The van der Waals surface area contributed by atoms with E-state index in [1.54, 1.807) is 18.2 Å². The molecule has 3 aromatic rings. The summed E-state index contributed by atoms with van der Waals surface area (Å²) in [6.45, 7) is 4.06. The Morgan fingerprint density at radius 2 is 1.68 bits per heavy atom. The summed E-state index contributed by atoms with van der Waals surface area (Å²) in [6.07, 6.45) is 2.06. The molecule has 7 heteroatoms. The number of benzene rings is 2. The second kappa shape index (κ2) is 10.3. The van der Waals surface area contributed by atoms with E-state index in [2.05, 4.69) is 27.5 Å². The average Bonchev–Trinajstić information content (AvgIpc) is 2.72. The SMILES string of the molecule is CCCCCCc1ccc(Nc2ncc(C(F)(F)F)c(Nc3cccc(C)c3)n2)cc1. The lowest BCUT2D eigenvalue weighted by Gasteiger charge is -2.15. The minimum atomic E-state index is -4.57. The zero-order chi connectivity index (χ0) is 22.3. The maximum atomic E-state index is 13.4. The van der Waals surface area contributed by atoms with Gasteiger partial charge < -0.3 is 10.6 Å². The molecule has 0 unspecified atom stereocenters. The monoisotopic (exact) mass is 428 g/mol. The fourth-order valence-corrected chi connectivity index (χ4v) is 3.24. The number of anilines is 4. The third-order valence-corrected chi connectivity index (χ3v) is 4.90. The Bertz CT molecular complexity index is 985. The number of hydrogen-bond donors (Lipinski definition) is 2. The molecule has 0 radical (unpaired) electrons. The summed E-state index contributed by atoms with van der Waals surface area (Å²) in [5.74, 6) is -0.193. The van der Waals surface area contributed by atoms with Gasteiger partial charge in [-0.25, -0.2) is 4.98 Å². The van der Waals surface area contributed by atoms with Gasteiger partial charge in [-0.3, -0.25) is 0 Å². The Morgan fingerprint density at radius 3 is 2.35 bits per heavy atom. The van der Waals surface area contributed by atoms with Crippen molar-refractivity contribution in [3.8, 4) is 0 Å². The fourth-order valence-electron chi connectivity index (χ4n) is 3.24. The number of alkyl halides is 3. The summed E-state index contributed by atoms with van der Waals surface area (Å²) in [5.41, 5.74) is 2.50. The molecule has 31 heavy (non-hydrogen) atoms. The van der Waals surface area contributed by atoms with Crippen LogP contribution in [0.4, 0.5) is 36.3 Å². The van der Waals surface area contributed by atoms with Crippen LogP contribution in [0.25, 0.3) is 0 Å². The van der Waals surface area contributed by atoms with Gasteiger partial charge in [-0.15, -0.1) is 0 Å². The van der Waals surface area contributed by atoms with Crippen LogP contribution < -0.4 is 10.6 Å². The van der Waals surface area contributed by atoms with Crippen molar-refractivity contribution in [1.29, 1.82) is 0 Å². The number of unbranched alkanes of at least 4 members (excludes halogenated alkanes) is 3. The minimum absolute atomic E-state index is 0.0962. The predicted octanol–water partition coefficient (Wildman–Crippen LogP) is 7.41. The van der Waals surface area contributed by atoms with Crippen molar-refractivity contribution in [2.75, 3.05) is 10.6 Å². The molecular weight excluding hydrogens is 401 g/mol. The zero-order valence-corrected chi connectivity index (χ0v) is 17.8. The second-order valence-electron chi connectivity index (χ2n) is 7.58. The van der Waals surface area contributed by atoms with Crippen molar-refractivity contribution in [2.45, 2.75) is 52.1 Å². The molecule has 3 rings (SSSR count). The lowest BCUT2D eigenvalue weighted by atomic mass is 10.1. The average molecular weight is 429 g/mol. The minimum Gasteiger partial charge on any atom is -0.340 e. The quantitative estimate of drug-likeness (QED) is 0.348. The molecule has 2 aromatic carbocycles. The first-order valence-electron chi connectivity index (χ1n) is 10.5. The molecule has 0 saturated carbocycles. The molecule has 164 valence electrons. The molecule has 0 aliphatic rings.